The molecule has 1 aromatic carbocycles. The first-order valence-electron chi connectivity index (χ1n) is 5.59. The van der Waals surface area contributed by atoms with Crippen molar-refractivity contribution in [1.82, 2.24) is 5.32 Å². The van der Waals surface area contributed by atoms with Gasteiger partial charge in [-0.2, -0.15) is 0 Å². The number of rotatable bonds is 4. The van der Waals surface area contributed by atoms with Crippen LogP contribution in [0.5, 0.6) is 0 Å². The SMILES string of the molecule is CCC(C)(NC(=O)c1cc(Br)cc(Br)c1)/C(N)=N/O. The van der Waals surface area contributed by atoms with Crippen molar-refractivity contribution in [3.8, 4) is 0 Å². The van der Waals surface area contributed by atoms with Crippen LogP contribution in [0.15, 0.2) is 32.3 Å². The second-order valence-electron chi connectivity index (χ2n) is 4.28. The van der Waals surface area contributed by atoms with Gasteiger partial charge >= 0.3 is 0 Å². The van der Waals surface area contributed by atoms with Crippen LogP contribution in [-0.2, 0) is 0 Å². The smallest absolute Gasteiger partial charge is 0.252 e. The van der Waals surface area contributed by atoms with Crippen molar-refractivity contribution >= 4 is 43.6 Å². The molecule has 0 aromatic heterocycles. The number of oxime groups is 1. The summed E-state index contributed by atoms with van der Waals surface area (Å²) in [5.41, 5.74) is 5.21. The average Bonchev–Trinajstić information content (AvgIpc) is 2.36. The van der Waals surface area contributed by atoms with Gasteiger partial charge in [-0.1, -0.05) is 43.9 Å². The van der Waals surface area contributed by atoms with Gasteiger partial charge in [-0.3, -0.25) is 4.79 Å². The van der Waals surface area contributed by atoms with Gasteiger partial charge in [0.25, 0.3) is 5.91 Å². The summed E-state index contributed by atoms with van der Waals surface area (Å²) in [5, 5.41) is 14.5. The lowest BCUT2D eigenvalue weighted by molar-refractivity contribution is 0.0924. The highest BCUT2D eigenvalue weighted by Crippen LogP contribution is 2.21. The monoisotopic (exact) mass is 391 g/mol. The quantitative estimate of drug-likeness (QED) is 0.318. The number of carbonyl (C=O) groups is 1. The number of halogens is 2. The Hall–Kier alpha value is -1.08. The number of nitrogens with zero attached hydrogens (tertiary/aromatic N) is 1. The fourth-order valence-corrected chi connectivity index (χ4v) is 2.75. The summed E-state index contributed by atoms with van der Waals surface area (Å²) in [4.78, 5) is 12.2. The first-order chi connectivity index (χ1) is 8.82. The molecule has 0 saturated heterocycles. The number of benzene rings is 1. The summed E-state index contributed by atoms with van der Waals surface area (Å²) in [6, 6.07) is 5.23. The zero-order valence-electron chi connectivity index (χ0n) is 10.6. The van der Waals surface area contributed by atoms with Crippen molar-refractivity contribution in [2.75, 3.05) is 0 Å². The zero-order valence-corrected chi connectivity index (χ0v) is 13.7. The van der Waals surface area contributed by atoms with E-state index < -0.39 is 5.54 Å². The second kappa shape index (κ2) is 6.38. The Morgan fingerprint density at radius 1 is 1.42 bits per heavy atom. The lowest BCUT2D eigenvalue weighted by Gasteiger charge is -2.28. The number of amidine groups is 1. The molecule has 0 radical (unpaired) electrons. The van der Waals surface area contributed by atoms with E-state index in [9.17, 15) is 4.79 Å². The van der Waals surface area contributed by atoms with Crippen LogP contribution < -0.4 is 11.1 Å². The van der Waals surface area contributed by atoms with E-state index in [4.69, 9.17) is 10.9 Å². The lowest BCUT2D eigenvalue weighted by atomic mass is 9.97. The third-order valence-electron chi connectivity index (χ3n) is 2.89. The highest BCUT2D eigenvalue weighted by Gasteiger charge is 2.30. The van der Waals surface area contributed by atoms with E-state index >= 15 is 0 Å². The van der Waals surface area contributed by atoms with Gasteiger partial charge in [-0.25, -0.2) is 0 Å². The summed E-state index contributed by atoms with van der Waals surface area (Å²) in [7, 11) is 0. The van der Waals surface area contributed by atoms with E-state index in [0.717, 1.165) is 8.95 Å². The molecule has 7 heteroatoms. The van der Waals surface area contributed by atoms with Gasteiger partial charge in [0, 0.05) is 14.5 Å². The number of hydrogen-bond donors (Lipinski definition) is 3. The van der Waals surface area contributed by atoms with Crippen LogP contribution in [0.25, 0.3) is 0 Å². The van der Waals surface area contributed by atoms with E-state index in [1.54, 1.807) is 19.1 Å². The van der Waals surface area contributed by atoms with E-state index in [1.807, 2.05) is 13.0 Å². The fraction of sp³-hybridized carbons (Fsp3) is 0.333. The minimum atomic E-state index is -0.888. The largest absolute Gasteiger partial charge is 0.409 e. The maximum absolute atomic E-state index is 12.2. The number of amides is 1. The molecular weight excluding hydrogens is 378 g/mol. The van der Waals surface area contributed by atoms with Crippen LogP contribution in [0, 0.1) is 0 Å². The minimum absolute atomic E-state index is 0.0302. The van der Waals surface area contributed by atoms with Crippen molar-refractivity contribution < 1.29 is 10.0 Å². The minimum Gasteiger partial charge on any atom is -0.409 e. The van der Waals surface area contributed by atoms with Gasteiger partial charge in [-0.05, 0) is 31.5 Å². The van der Waals surface area contributed by atoms with Crippen LogP contribution in [0.1, 0.15) is 30.6 Å². The second-order valence-corrected chi connectivity index (χ2v) is 6.11. The van der Waals surface area contributed by atoms with Crippen LogP contribution in [0.4, 0.5) is 0 Å². The van der Waals surface area contributed by atoms with Crippen LogP contribution in [0.2, 0.25) is 0 Å². The van der Waals surface area contributed by atoms with Gasteiger partial charge in [0.1, 0.15) is 0 Å². The fourth-order valence-electron chi connectivity index (χ4n) is 1.45. The first-order valence-corrected chi connectivity index (χ1v) is 7.17. The predicted molar refractivity (Wildman–Crippen MR) is 81.4 cm³/mol. The average molecular weight is 393 g/mol. The molecule has 1 rings (SSSR count). The van der Waals surface area contributed by atoms with Crippen molar-refractivity contribution in [2.45, 2.75) is 25.8 Å². The maximum Gasteiger partial charge on any atom is 0.252 e. The topological polar surface area (TPSA) is 87.7 Å². The van der Waals surface area contributed by atoms with Crippen LogP contribution in [-0.4, -0.2) is 22.5 Å². The molecule has 0 heterocycles. The Bertz CT molecular complexity index is 499. The molecule has 5 nitrogen and oxygen atoms in total. The van der Waals surface area contributed by atoms with Crippen molar-refractivity contribution in [1.29, 1.82) is 0 Å². The highest BCUT2D eigenvalue weighted by atomic mass is 79.9. The lowest BCUT2D eigenvalue weighted by Crippen LogP contribution is -2.55. The number of nitrogens with two attached hydrogens (primary N) is 1. The Labute approximate surface area is 128 Å². The van der Waals surface area contributed by atoms with Crippen LogP contribution >= 0.6 is 31.9 Å². The molecule has 0 fully saturated rings. The summed E-state index contributed by atoms with van der Waals surface area (Å²) in [5.74, 6) is -0.324. The molecule has 104 valence electrons. The molecule has 4 N–H and O–H groups in total. The van der Waals surface area contributed by atoms with E-state index in [-0.39, 0.29) is 11.7 Å². The molecular formula is C12H15Br2N3O2. The third kappa shape index (κ3) is 3.94. The highest BCUT2D eigenvalue weighted by molar-refractivity contribution is 9.11. The Kier molecular flexibility index (Phi) is 5.37. The molecule has 19 heavy (non-hydrogen) atoms. The maximum atomic E-state index is 12.2. The molecule has 0 spiro atoms. The molecule has 0 aliphatic carbocycles. The molecule has 0 aliphatic rings. The van der Waals surface area contributed by atoms with Crippen LogP contribution in [0.3, 0.4) is 0 Å². The van der Waals surface area contributed by atoms with Gasteiger partial charge < -0.3 is 16.3 Å². The molecule has 1 atom stereocenters. The van der Waals surface area contributed by atoms with Gasteiger partial charge in [0.15, 0.2) is 5.84 Å². The molecule has 0 bridgehead atoms. The summed E-state index contributed by atoms with van der Waals surface area (Å²) in [6.45, 7) is 3.54. The molecule has 0 aliphatic heterocycles. The molecule has 0 saturated carbocycles. The normalized spacial score (nSPS) is 14.8. The van der Waals surface area contributed by atoms with Gasteiger partial charge in [-0.15, -0.1) is 0 Å². The molecule has 1 amide bonds. The molecule has 1 unspecified atom stereocenters. The standard InChI is InChI=1S/C12H15Br2N3O2/c1-3-12(2,11(15)17-19)16-10(18)7-4-8(13)6-9(14)5-7/h4-6,19H,3H2,1-2H3,(H2,15,17)(H,16,18). The summed E-state index contributed by atoms with van der Waals surface area (Å²) < 4.78 is 1.57. The number of carbonyl (C=O) groups excluding carboxylic acids is 1. The van der Waals surface area contributed by atoms with Crippen molar-refractivity contribution in [2.24, 2.45) is 10.9 Å². The summed E-state index contributed by atoms with van der Waals surface area (Å²) >= 11 is 6.64. The third-order valence-corrected chi connectivity index (χ3v) is 3.81. The zero-order chi connectivity index (χ0) is 14.6. The van der Waals surface area contributed by atoms with E-state index in [2.05, 4.69) is 42.3 Å². The number of nitrogens with one attached hydrogen (secondary N) is 1. The van der Waals surface area contributed by atoms with E-state index in [1.165, 1.54) is 0 Å². The van der Waals surface area contributed by atoms with Gasteiger partial charge in [0.2, 0.25) is 0 Å². The number of hydrogen-bond acceptors (Lipinski definition) is 3. The van der Waals surface area contributed by atoms with Gasteiger partial charge in [0.05, 0.1) is 5.54 Å². The first kappa shape index (κ1) is 16.0. The Balaban J connectivity index is 3.01. The Morgan fingerprint density at radius 2 is 1.95 bits per heavy atom. The Morgan fingerprint density at radius 3 is 2.37 bits per heavy atom. The summed E-state index contributed by atoms with van der Waals surface area (Å²) in [6.07, 6.45) is 0.504. The van der Waals surface area contributed by atoms with Crippen molar-refractivity contribution in [3.05, 3.63) is 32.7 Å². The van der Waals surface area contributed by atoms with Crippen molar-refractivity contribution in [3.63, 3.8) is 0 Å². The van der Waals surface area contributed by atoms with E-state index in [0.29, 0.717) is 12.0 Å². The molecule has 1 aromatic rings. The predicted octanol–water partition coefficient (Wildman–Crippen LogP) is 2.86.